The smallest absolute Gasteiger partial charge is 0.289 e. The molecule has 5 heteroatoms. The van der Waals surface area contributed by atoms with Crippen LogP contribution in [0.25, 0.3) is 11.3 Å². The second-order valence-corrected chi connectivity index (χ2v) is 4.05. The van der Waals surface area contributed by atoms with Gasteiger partial charge in [-0.3, -0.25) is 4.79 Å². The van der Waals surface area contributed by atoms with E-state index in [1.807, 2.05) is 19.1 Å². The van der Waals surface area contributed by atoms with Crippen LogP contribution in [0.15, 0.2) is 35.1 Å². The Labute approximate surface area is 104 Å². The first-order valence-corrected chi connectivity index (χ1v) is 5.63. The van der Waals surface area contributed by atoms with E-state index in [9.17, 15) is 4.79 Å². The van der Waals surface area contributed by atoms with E-state index in [0.717, 1.165) is 5.56 Å². The number of nitrogens with zero attached hydrogens (tertiary/aromatic N) is 2. The lowest BCUT2D eigenvalue weighted by Gasteiger charge is -2.07. The van der Waals surface area contributed by atoms with Crippen molar-refractivity contribution in [3.63, 3.8) is 0 Å². The lowest BCUT2D eigenvalue weighted by atomic mass is 10.1. The molecule has 88 valence electrons. The van der Waals surface area contributed by atoms with Crippen LogP contribution in [0.3, 0.4) is 0 Å². The molecule has 0 bridgehead atoms. The number of hydrogen-bond donors (Lipinski definition) is 1. The Balaban J connectivity index is 2.61. The van der Waals surface area contributed by atoms with E-state index in [1.165, 1.54) is 4.68 Å². The molecule has 0 saturated carbocycles. The lowest BCUT2D eigenvalue weighted by Crippen LogP contribution is -2.24. The summed E-state index contributed by atoms with van der Waals surface area (Å²) in [6, 6.07) is 8.84. The van der Waals surface area contributed by atoms with Gasteiger partial charge in [0.25, 0.3) is 5.56 Å². The van der Waals surface area contributed by atoms with Gasteiger partial charge in [-0.25, -0.2) is 4.68 Å². The molecule has 1 heterocycles. The van der Waals surface area contributed by atoms with Crippen molar-refractivity contribution in [2.24, 2.45) is 0 Å². The highest BCUT2D eigenvalue weighted by atomic mass is 35.5. The molecule has 0 fully saturated rings. The minimum atomic E-state index is -0.265. The zero-order valence-electron chi connectivity index (χ0n) is 9.35. The fraction of sp³-hybridized carbons (Fsp3) is 0.167. The summed E-state index contributed by atoms with van der Waals surface area (Å²) in [5.74, 6) is 0. The highest BCUT2D eigenvalue weighted by Crippen LogP contribution is 2.20. The maximum Gasteiger partial charge on any atom is 0.289 e. The molecule has 0 radical (unpaired) electrons. The van der Waals surface area contributed by atoms with Gasteiger partial charge >= 0.3 is 0 Å². The Hall–Kier alpha value is -1.81. The molecule has 17 heavy (non-hydrogen) atoms. The molecule has 0 saturated heterocycles. The molecular weight excluding hydrogens is 238 g/mol. The van der Waals surface area contributed by atoms with E-state index in [0.29, 0.717) is 17.3 Å². The minimum Gasteiger partial charge on any atom is -0.394 e. The molecule has 1 aromatic heterocycles. The molecule has 0 amide bonds. The van der Waals surface area contributed by atoms with Crippen molar-refractivity contribution in [1.29, 1.82) is 0 Å². The number of hydrogen-bond acceptors (Lipinski definition) is 3. The Bertz CT molecular complexity index is 607. The first-order chi connectivity index (χ1) is 8.11. The van der Waals surface area contributed by atoms with Crippen molar-refractivity contribution in [3.8, 4) is 11.3 Å². The van der Waals surface area contributed by atoms with Crippen molar-refractivity contribution in [1.82, 2.24) is 9.78 Å². The van der Waals surface area contributed by atoms with Crippen LogP contribution in [0.2, 0.25) is 5.02 Å². The normalized spacial score (nSPS) is 10.5. The van der Waals surface area contributed by atoms with Crippen LogP contribution in [0.4, 0.5) is 5.69 Å². The topological polar surface area (TPSA) is 60.9 Å². The van der Waals surface area contributed by atoms with Gasteiger partial charge in [0.05, 0.1) is 5.69 Å². The zero-order valence-corrected chi connectivity index (χ0v) is 10.1. The van der Waals surface area contributed by atoms with Crippen LogP contribution >= 0.6 is 11.6 Å². The highest BCUT2D eigenvalue weighted by Gasteiger charge is 2.06. The third kappa shape index (κ3) is 2.31. The predicted molar refractivity (Wildman–Crippen MR) is 69.0 cm³/mol. The summed E-state index contributed by atoms with van der Waals surface area (Å²) in [5, 5.41) is 4.85. The molecule has 0 aliphatic heterocycles. The molecule has 1 aromatic carbocycles. The Morgan fingerprint density at radius 2 is 2.18 bits per heavy atom. The molecule has 0 spiro atoms. The van der Waals surface area contributed by atoms with Gasteiger partial charge in [0.15, 0.2) is 0 Å². The molecule has 2 N–H and O–H groups in total. The zero-order chi connectivity index (χ0) is 12.4. The molecule has 0 atom stereocenters. The van der Waals surface area contributed by atoms with Crippen molar-refractivity contribution < 1.29 is 0 Å². The first-order valence-electron chi connectivity index (χ1n) is 5.25. The van der Waals surface area contributed by atoms with Crippen molar-refractivity contribution in [3.05, 3.63) is 45.7 Å². The van der Waals surface area contributed by atoms with Crippen LogP contribution in [0, 0.1) is 0 Å². The van der Waals surface area contributed by atoms with Gasteiger partial charge in [-0.1, -0.05) is 23.7 Å². The van der Waals surface area contributed by atoms with Gasteiger partial charge in [0.1, 0.15) is 5.69 Å². The van der Waals surface area contributed by atoms with E-state index in [1.54, 1.807) is 18.2 Å². The molecule has 4 nitrogen and oxygen atoms in total. The fourth-order valence-corrected chi connectivity index (χ4v) is 1.76. The maximum atomic E-state index is 11.6. The number of halogens is 1. The Kier molecular flexibility index (Phi) is 3.15. The summed E-state index contributed by atoms with van der Waals surface area (Å²) in [5.41, 5.74) is 7.08. The minimum absolute atomic E-state index is 0.192. The number of aryl methyl sites for hydroxylation is 1. The van der Waals surface area contributed by atoms with E-state index in [4.69, 9.17) is 17.3 Å². The van der Waals surface area contributed by atoms with E-state index in [2.05, 4.69) is 5.10 Å². The van der Waals surface area contributed by atoms with Gasteiger partial charge in [-0.2, -0.15) is 5.10 Å². The summed E-state index contributed by atoms with van der Waals surface area (Å²) in [4.78, 5) is 11.6. The standard InChI is InChI=1S/C12H12ClN3O/c1-2-16-12(17)10(14)7-11(15-16)8-4-3-5-9(13)6-8/h3-7H,2,14H2,1H3. The van der Waals surface area contributed by atoms with Crippen LogP contribution in [0.1, 0.15) is 6.92 Å². The Morgan fingerprint density at radius 1 is 1.41 bits per heavy atom. The summed E-state index contributed by atoms with van der Waals surface area (Å²) in [6.45, 7) is 2.33. The maximum absolute atomic E-state index is 11.6. The third-order valence-electron chi connectivity index (χ3n) is 2.42. The van der Waals surface area contributed by atoms with Gasteiger partial charge in [-0.15, -0.1) is 0 Å². The van der Waals surface area contributed by atoms with Gasteiger partial charge in [0.2, 0.25) is 0 Å². The SMILES string of the molecule is CCn1nc(-c2cccc(Cl)c2)cc(N)c1=O. The summed E-state index contributed by atoms with van der Waals surface area (Å²) in [7, 11) is 0. The van der Waals surface area contributed by atoms with Gasteiger partial charge in [-0.05, 0) is 25.1 Å². The number of nitrogen functional groups attached to an aromatic ring is 1. The van der Waals surface area contributed by atoms with Crippen molar-refractivity contribution in [2.45, 2.75) is 13.5 Å². The second kappa shape index (κ2) is 4.59. The predicted octanol–water partition coefficient (Wildman–Crippen LogP) is 2.17. The molecule has 2 aromatic rings. The molecule has 0 aliphatic rings. The molecule has 0 aliphatic carbocycles. The van der Waals surface area contributed by atoms with E-state index < -0.39 is 0 Å². The fourth-order valence-electron chi connectivity index (χ4n) is 1.57. The van der Waals surface area contributed by atoms with E-state index >= 15 is 0 Å². The third-order valence-corrected chi connectivity index (χ3v) is 2.66. The van der Waals surface area contributed by atoms with Crippen LogP contribution in [-0.4, -0.2) is 9.78 Å². The summed E-state index contributed by atoms with van der Waals surface area (Å²) >= 11 is 5.91. The molecule has 2 rings (SSSR count). The average molecular weight is 250 g/mol. The summed E-state index contributed by atoms with van der Waals surface area (Å²) in [6.07, 6.45) is 0. The largest absolute Gasteiger partial charge is 0.394 e. The molecular formula is C12H12ClN3O. The quantitative estimate of drug-likeness (QED) is 0.887. The lowest BCUT2D eigenvalue weighted by molar-refractivity contribution is 0.621. The number of aromatic nitrogens is 2. The summed E-state index contributed by atoms with van der Waals surface area (Å²) < 4.78 is 1.34. The van der Waals surface area contributed by atoms with E-state index in [-0.39, 0.29) is 11.2 Å². The van der Waals surface area contributed by atoms with Crippen molar-refractivity contribution in [2.75, 3.05) is 5.73 Å². The Morgan fingerprint density at radius 3 is 2.82 bits per heavy atom. The monoisotopic (exact) mass is 249 g/mol. The number of benzene rings is 1. The van der Waals surface area contributed by atoms with Crippen LogP contribution < -0.4 is 11.3 Å². The average Bonchev–Trinajstić information content (AvgIpc) is 2.32. The van der Waals surface area contributed by atoms with Gasteiger partial charge < -0.3 is 5.73 Å². The highest BCUT2D eigenvalue weighted by molar-refractivity contribution is 6.30. The first kappa shape index (κ1) is 11.7. The second-order valence-electron chi connectivity index (χ2n) is 3.62. The van der Waals surface area contributed by atoms with Crippen LogP contribution in [-0.2, 0) is 6.54 Å². The molecule has 0 unspecified atom stereocenters. The number of rotatable bonds is 2. The number of nitrogens with two attached hydrogens (primary N) is 1. The van der Waals surface area contributed by atoms with Crippen LogP contribution in [0.5, 0.6) is 0 Å². The van der Waals surface area contributed by atoms with Crippen molar-refractivity contribution >= 4 is 17.3 Å². The van der Waals surface area contributed by atoms with Gasteiger partial charge in [0, 0.05) is 17.1 Å². The number of anilines is 1.